The zero-order valence-corrected chi connectivity index (χ0v) is 7.57. The number of hydrogen-bond donors (Lipinski definition) is 2. The van der Waals surface area contributed by atoms with Crippen LogP contribution in [0, 0.1) is 5.92 Å². The summed E-state index contributed by atoms with van der Waals surface area (Å²) in [4.78, 5) is 16.0. The van der Waals surface area contributed by atoms with Gasteiger partial charge < -0.3 is 0 Å². The van der Waals surface area contributed by atoms with Crippen molar-refractivity contribution >= 4 is 5.91 Å². The minimum atomic E-state index is -0.394. The topological polar surface area (TPSA) is 79.9 Å². The number of hydroxylamine groups is 1. The number of hydrogen-bond acceptors (Lipinski definition) is 4. The number of nitrogens with one attached hydrogen (secondary N) is 2. The SMILES string of the molecule is CC(C)CONC(=O)c1cn[nH]n1. The fraction of sp³-hybridized carbons (Fsp3) is 0.571. The molecule has 72 valence electrons. The fourth-order valence-electron chi connectivity index (χ4n) is 0.637. The first-order valence-electron chi connectivity index (χ1n) is 3.98. The summed E-state index contributed by atoms with van der Waals surface area (Å²) in [5.41, 5.74) is 2.47. The zero-order chi connectivity index (χ0) is 9.68. The van der Waals surface area contributed by atoms with Crippen LogP contribution < -0.4 is 5.48 Å². The van der Waals surface area contributed by atoms with Crippen LogP contribution in [0.4, 0.5) is 0 Å². The van der Waals surface area contributed by atoms with Gasteiger partial charge in [-0.1, -0.05) is 13.8 Å². The molecule has 0 fully saturated rings. The smallest absolute Gasteiger partial charge is 0.273 e. The Labute approximate surface area is 75.6 Å². The summed E-state index contributed by atoms with van der Waals surface area (Å²) in [5, 5.41) is 9.41. The second kappa shape index (κ2) is 4.56. The normalized spacial score (nSPS) is 10.4. The molecule has 1 aromatic rings. The maximum absolute atomic E-state index is 11.1. The third kappa shape index (κ3) is 3.20. The third-order valence-corrected chi connectivity index (χ3v) is 1.23. The van der Waals surface area contributed by atoms with Crippen LogP contribution in [0.15, 0.2) is 6.20 Å². The zero-order valence-electron chi connectivity index (χ0n) is 7.57. The average Bonchev–Trinajstić information content (AvgIpc) is 2.55. The van der Waals surface area contributed by atoms with Crippen molar-refractivity contribution in [2.45, 2.75) is 13.8 Å². The highest BCUT2D eigenvalue weighted by molar-refractivity contribution is 5.90. The molecule has 0 saturated carbocycles. The summed E-state index contributed by atoms with van der Waals surface area (Å²) < 4.78 is 0. The van der Waals surface area contributed by atoms with Gasteiger partial charge in [0, 0.05) is 0 Å². The first kappa shape index (κ1) is 9.66. The lowest BCUT2D eigenvalue weighted by Gasteiger charge is -2.05. The molecule has 0 aliphatic carbocycles. The minimum absolute atomic E-state index is 0.212. The number of aromatic amines is 1. The molecular formula is C7H12N4O2. The second-order valence-electron chi connectivity index (χ2n) is 2.99. The molecular weight excluding hydrogens is 172 g/mol. The van der Waals surface area contributed by atoms with Crippen LogP contribution in [0.1, 0.15) is 24.3 Å². The number of aromatic nitrogens is 3. The molecule has 0 radical (unpaired) electrons. The van der Waals surface area contributed by atoms with E-state index >= 15 is 0 Å². The van der Waals surface area contributed by atoms with Gasteiger partial charge in [-0.05, 0) is 5.92 Å². The van der Waals surface area contributed by atoms with Gasteiger partial charge >= 0.3 is 0 Å². The maximum atomic E-state index is 11.1. The van der Waals surface area contributed by atoms with E-state index < -0.39 is 5.91 Å². The molecule has 0 aliphatic heterocycles. The summed E-state index contributed by atoms with van der Waals surface area (Å²) in [6.07, 6.45) is 1.33. The van der Waals surface area contributed by atoms with Crippen LogP contribution in [0.2, 0.25) is 0 Å². The van der Waals surface area contributed by atoms with E-state index in [2.05, 4.69) is 20.9 Å². The first-order chi connectivity index (χ1) is 6.20. The molecule has 0 bridgehead atoms. The maximum Gasteiger partial charge on any atom is 0.296 e. The highest BCUT2D eigenvalue weighted by Crippen LogP contribution is 1.92. The van der Waals surface area contributed by atoms with Crippen molar-refractivity contribution in [3.63, 3.8) is 0 Å². The monoisotopic (exact) mass is 184 g/mol. The Morgan fingerprint density at radius 3 is 3.08 bits per heavy atom. The standard InChI is InChI=1S/C7H12N4O2/c1-5(2)4-13-10-7(12)6-3-8-11-9-6/h3,5H,4H2,1-2H3,(H,10,12)(H,8,9,11). The molecule has 13 heavy (non-hydrogen) atoms. The van der Waals surface area contributed by atoms with Crippen molar-refractivity contribution in [2.24, 2.45) is 5.92 Å². The number of amides is 1. The number of carbonyl (C=O) groups excluding carboxylic acids is 1. The van der Waals surface area contributed by atoms with E-state index in [1.54, 1.807) is 0 Å². The first-order valence-corrected chi connectivity index (χ1v) is 3.98. The molecule has 2 N–H and O–H groups in total. The summed E-state index contributed by atoms with van der Waals surface area (Å²) >= 11 is 0. The van der Waals surface area contributed by atoms with E-state index in [4.69, 9.17) is 4.84 Å². The molecule has 0 spiro atoms. The molecule has 1 heterocycles. The highest BCUT2D eigenvalue weighted by Gasteiger charge is 2.07. The van der Waals surface area contributed by atoms with Gasteiger partial charge in [0.25, 0.3) is 5.91 Å². The van der Waals surface area contributed by atoms with E-state index in [1.165, 1.54) is 6.20 Å². The van der Waals surface area contributed by atoms with Crippen LogP contribution in [-0.2, 0) is 4.84 Å². The van der Waals surface area contributed by atoms with Crippen LogP contribution in [-0.4, -0.2) is 27.9 Å². The Bertz CT molecular complexity index is 257. The quantitative estimate of drug-likeness (QED) is 0.651. The van der Waals surface area contributed by atoms with Crippen LogP contribution in [0.5, 0.6) is 0 Å². The molecule has 0 unspecified atom stereocenters. The van der Waals surface area contributed by atoms with Gasteiger partial charge in [0.1, 0.15) is 0 Å². The van der Waals surface area contributed by atoms with Gasteiger partial charge in [0.2, 0.25) is 0 Å². The van der Waals surface area contributed by atoms with E-state index in [1.807, 2.05) is 13.8 Å². The van der Waals surface area contributed by atoms with Crippen LogP contribution >= 0.6 is 0 Å². The molecule has 0 aliphatic rings. The Hall–Kier alpha value is -1.43. The molecule has 6 nitrogen and oxygen atoms in total. The second-order valence-corrected chi connectivity index (χ2v) is 2.99. The molecule has 6 heteroatoms. The number of rotatable bonds is 4. The van der Waals surface area contributed by atoms with Crippen LogP contribution in [0.25, 0.3) is 0 Å². The van der Waals surface area contributed by atoms with Crippen molar-refractivity contribution in [3.05, 3.63) is 11.9 Å². The van der Waals surface area contributed by atoms with E-state index in [0.29, 0.717) is 12.5 Å². The summed E-state index contributed by atoms with van der Waals surface area (Å²) in [6, 6.07) is 0. The lowest BCUT2D eigenvalue weighted by atomic mass is 10.2. The van der Waals surface area contributed by atoms with Gasteiger partial charge in [0.05, 0.1) is 12.8 Å². The van der Waals surface area contributed by atoms with Gasteiger partial charge in [-0.25, -0.2) is 5.48 Å². The van der Waals surface area contributed by atoms with Crippen molar-refractivity contribution in [2.75, 3.05) is 6.61 Å². The highest BCUT2D eigenvalue weighted by atomic mass is 16.6. The largest absolute Gasteiger partial charge is 0.296 e. The lowest BCUT2D eigenvalue weighted by molar-refractivity contribution is 0.0204. The van der Waals surface area contributed by atoms with Gasteiger partial charge in [-0.15, -0.1) is 0 Å². The van der Waals surface area contributed by atoms with Gasteiger partial charge in [0.15, 0.2) is 5.69 Å². The Kier molecular flexibility index (Phi) is 3.39. The Morgan fingerprint density at radius 2 is 2.54 bits per heavy atom. The van der Waals surface area contributed by atoms with Crippen LogP contribution in [0.3, 0.4) is 0 Å². The molecule has 0 aromatic carbocycles. The summed E-state index contributed by atoms with van der Waals surface area (Å²) in [6.45, 7) is 4.45. The Morgan fingerprint density at radius 1 is 1.77 bits per heavy atom. The molecule has 1 amide bonds. The molecule has 0 atom stereocenters. The lowest BCUT2D eigenvalue weighted by Crippen LogP contribution is -2.25. The summed E-state index contributed by atoms with van der Waals surface area (Å²) in [5.74, 6) is -0.0213. The summed E-state index contributed by atoms with van der Waals surface area (Å²) in [7, 11) is 0. The fourth-order valence-corrected chi connectivity index (χ4v) is 0.637. The number of H-pyrrole nitrogens is 1. The van der Waals surface area contributed by atoms with Crippen molar-refractivity contribution in [3.8, 4) is 0 Å². The van der Waals surface area contributed by atoms with E-state index in [9.17, 15) is 4.79 Å². The molecule has 0 saturated heterocycles. The number of nitrogens with zero attached hydrogens (tertiary/aromatic N) is 2. The number of carbonyl (C=O) groups is 1. The average molecular weight is 184 g/mol. The molecule has 1 aromatic heterocycles. The van der Waals surface area contributed by atoms with E-state index in [0.717, 1.165) is 0 Å². The van der Waals surface area contributed by atoms with Gasteiger partial charge in [-0.2, -0.15) is 15.4 Å². The predicted molar refractivity (Wildman–Crippen MR) is 44.6 cm³/mol. The van der Waals surface area contributed by atoms with Crippen molar-refractivity contribution < 1.29 is 9.63 Å². The van der Waals surface area contributed by atoms with Crippen molar-refractivity contribution in [1.82, 2.24) is 20.9 Å². The minimum Gasteiger partial charge on any atom is -0.273 e. The van der Waals surface area contributed by atoms with Crippen molar-refractivity contribution in [1.29, 1.82) is 0 Å². The molecule has 1 rings (SSSR count). The predicted octanol–water partition coefficient (Wildman–Crippen LogP) is 0.122. The van der Waals surface area contributed by atoms with E-state index in [-0.39, 0.29) is 5.69 Å². The third-order valence-electron chi connectivity index (χ3n) is 1.23. The Balaban J connectivity index is 2.27. The van der Waals surface area contributed by atoms with Gasteiger partial charge in [-0.3, -0.25) is 9.63 Å².